The van der Waals surface area contributed by atoms with Crippen LogP contribution in [0.15, 0.2) is 36.5 Å². The zero-order chi connectivity index (χ0) is 75.1. The molecule has 0 aromatic heterocycles. The van der Waals surface area contributed by atoms with Crippen molar-refractivity contribution < 1.29 is 64.6 Å². The van der Waals surface area contributed by atoms with Gasteiger partial charge in [-0.25, -0.2) is 0 Å². The number of aliphatic hydroxyl groups excluding tert-OH is 8. The molecule has 0 saturated carbocycles. The molecule has 12 atom stereocenters. The van der Waals surface area contributed by atoms with Crippen LogP contribution in [0.4, 0.5) is 0 Å². The highest BCUT2D eigenvalue weighted by atomic mass is 16.7. The number of ether oxygens (including phenoxy) is 4. The van der Waals surface area contributed by atoms with Gasteiger partial charge in [0.1, 0.15) is 48.8 Å². The molecule has 2 heterocycles. The first-order valence-electron chi connectivity index (χ1n) is 45.2. The number of carbonyl (C=O) groups is 1. The molecule has 0 spiro atoms. The molecule has 2 saturated heterocycles. The zero-order valence-corrected chi connectivity index (χ0v) is 67.8. The third-order valence-corrected chi connectivity index (χ3v) is 22.3. The second kappa shape index (κ2) is 74.0. The number of carbonyl (C=O) groups excluding carboxylic acids is 1. The van der Waals surface area contributed by atoms with E-state index >= 15 is 0 Å². The Kier molecular flexibility index (Phi) is 69.9. The van der Waals surface area contributed by atoms with Crippen molar-refractivity contribution in [3.05, 3.63) is 36.5 Å². The van der Waals surface area contributed by atoms with E-state index in [9.17, 15) is 45.6 Å². The Morgan fingerprint density at radius 1 is 0.337 bits per heavy atom. The molecule has 0 aromatic rings. The quantitative estimate of drug-likeness (QED) is 0.0204. The van der Waals surface area contributed by atoms with Crippen LogP contribution in [-0.4, -0.2) is 140 Å². The lowest BCUT2D eigenvalue weighted by molar-refractivity contribution is -0.359. The molecule has 104 heavy (non-hydrogen) atoms. The van der Waals surface area contributed by atoms with Gasteiger partial charge in [-0.1, -0.05) is 423 Å². The largest absolute Gasteiger partial charge is 0.394 e. The van der Waals surface area contributed by atoms with Crippen molar-refractivity contribution in [2.45, 2.75) is 511 Å². The normalized spacial score (nSPS) is 21.6. The van der Waals surface area contributed by atoms with Crippen molar-refractivity contribution in [2.24, 2.45) is 0 Å². The van der Waals surface area contributed by atoms with Crippen LogP contribution < -0.4 is 5.32 Å². The molecule has 14 nitrogen and oxygen atoms in total. The monoisotopic (exact) mass is 1470 g/mol. The summed E-state index contributed by atoms with van der Waals surface area (Å²) in [6.07, 6.45) is 82.8. The summed E-state index contributed by atoms with van der Waals surface area (Å²) in [4.78, 5) is 13.4. The summed E-state index contributed by atoms with van der Waals surface area (Å²) in [5, 5.41) is 87.8. The van der Waals surface area contributed by atoms with Crippen LogP contribution in [0.5, 0.6) is 0 Å². The maximum absolute atomic E-state index is 13.4. The van der Waals surface area contributed by atoms with Gasteiger partial charge in [0.25, 0.3) is 0 Å². The van der Waals surface area contributed by atoms with Gasteiger partial charge < -0.3 is 65.1 Å². The van der Waals surface area contributed by atoms with E-state index in [1.165, 1.54) is 360 Å². The van der Waals surface area contributed by atoms with Gasteiger partial charge in [0, 0.05) is 6.42 Å². The molecule has 2 aliphatic rings. The highest BCUT2D eigenvalue weighted by Crippen LogP contribution is 2.31. The van der Waals surface area contributed by atoms with Gasteiger partial charge >= 0.3 is 0 Å². The van der Waals surface area contributed by atoms with Gasteiger partial charge in [-0.15, -0.1) is 0 Å². The lowest BCUT2D eigenvalue weighted by Crippen LogP contribution is -2.65. The Balaban J connectivity index is 1.58. The lowest BCUT2D eigenvalue weighted by Gasteiger charge is -2.46. The number of amides is 1. The molecule has 2 aliphatic heterocycles. The van der Waals surface area contributed by atoms with Crippen LogP contribution >= 0.6 is 0 Å². The van der Waals surface area contributed by atoms with Gasteiger partial charge in [-0.2, -0.15) is 0 Å². The maximum atomic E-state index is 13.4. The smallest absolute Gasteiger partial charge is 0.220 e. The molecular weight excluding hydrogens is 1300 g/mol. The Morgan fingerprint density at radius 2 is 0.615 bits per heavy atom. The molecule has 0 radical (unpaired) electrons. The Morgan fingerprint density at radius 3 is 0.942 bits per heavy atom. The van der Waals surface area contributed by atoms with Gasteiger partial charge in [0.05, 0.1) is 32.0 Å². The van der Waals surface area contributed by atoms with Crippen molar-refractivity contribution in [1.29, 1.82) is 0 Å². The minimum Gasteiger partial charge on any atom is -0.394 e. The fourth-order valence-corrected chi connectivity index (χ4v) is 15.2. The van der Waals surface area contributed by atoms with Crippen LogP contribution in [0.2, 0.25) is 0 Å². The molecule has 14 heteroatoms. The van der Waals surface area contributed by atoms with Crippen molar-refractivity contribution in [3.8, 4) is 0 Å². The van der Waals surface area contributed by atoms with Crippen LogP contribution in [0, 0.1) is 0 Å². The van der Waals surface area contributed by atoms with E-state index < -0.39 is 86.8 Å². The van der Waals surface area contributed by atoms with Gasteiger partial charge in [-0.3, -0.25) is 4.79 Å². The van der Waals surface area contributed by atoms with E-state index in [0.717, 1.165) is 44.9 Å². The molecule has 2 fully saturated rings. The number of allylic oxidation sites excluding steroid dienone is 5. The number of unbranched alkanes of at least 4 members (excludes halogenated alkanes) is 61. The molecular formula is C90H171NO13. The van der Waals surface area contributed by atoms with E-state index in [0.29, 0.717) is 12.8 Å². The summed E-state index contributed by atoms with van der Waals surface area (Å²) in [5.41, 5.74) is 0. The van der Waals surface area contributed by atoms with Crippen molar-refractivity contribution in [3.63, 3.8) is 0 Å². The first-order chi connectivity index (χ1) is 51.1. The maximum Gasteiger partial charge on any atom is 0.220 e. The summed E-state index contributed by atoms with van der Waals surface area (Å²) in [5.74, 6) is -0.244. The predicted molar refractivity (Wildman–Crippen MR) is 434 cm³/mol. The van der Waals surface area contributed by atoms with E-state index in [1.54, 1.807) is 6.08 Å². The summed E-state index contributed by atoms with van der Waals surface area (Å²) in [7, 11) is 0. The zero-order valence-electron chi connectivity index (χ0n) is 67.8. The van der Waals surface area contributed by atoms with Gasteiger partial charge in [-0.05, 0) is 44.9 Å². The molecule has 0 aliphatic carbocycles. The number of rotatable bonds is 78. The summed E-state index contributed by atoms with van der Waals surface area (Å²) in [6, 6.07) is -0.939. The number of hydrogen-bond acceptors (Lipinski definition) is 13. The van der Waals surface area contributed by atoms with Crippen molar-refractivity contribution in [1.82, 2.24) is 5.32 Å². The first kappa shape index (κ1) is 98.3. The minimum atomic E-state index is -1.79. The molecule has 1 amide bonds. The number of hydrogen-bond donors (Lipinski definition) is 9. The average molecular weight is 1480 g/mol. The van der Waals surface area contributed by atoms with E-state index in [4.69, 9.17) is 18.9 Å². The molecule has 0 bridgehead atoms. The number of nitrogens with one attached hydrogen (secondary N) is 1. The van der Waals surface area contributed by atoms with Gasteiger partial charge in [0.2, 0.25) is 5.91 Å². The van der Waals surface area contributed by atoms with E-state index in [-0.39, 0.29) is 18.9 Å². The molecule has 614 valence electrons. The van der Waals surface area contributed by atoms with Gasteiger partial charge in [0.15, 0.2) is 12.6 Å². The summed E-state index contributed by atoms with van der Waals surface area (Å²) in [6.45, 7) is 2.86. The second-order valence-corrected chi connectivity index (χ2v) is 32.1. The van der Waals surface area contributed by atoms with E-state index in [2.05, 4.69) is 43.5 Å². The molecule has 12 unspecified atom stereocenters. The lowest BCUT2D eigenvalue weighted by atomic mass is 9.97. The van der Waals surface area contributed by atoms with Crippen LogP contribution in [0.1, 0.15) is 438 Å². The summed E-state index contributed by atoms with van der Waals surface area (Å²) >= 11 is 0. The SMILES string of the molecule is CCCCCCCCCCCCCCCCCCCCCCCCC/C=C/CC/C=C/CC/C=C/C(O)C(COC1OC(CO)C(OC2OC(CO)C(O)C(O)C2O)C(O)C1O)NC(=O)CCCCCCCCCCCCCCCCCCCCCCCCCCCCCCCCCCCCCCC. The molecule has 2 rings (SSSR count). The Hall–Kier alpha value is -1.79. The predicted octanol–water partition coefficient (Wildman–Crippen LogP) is 21.9. The molecule has 9 N–H and O–H groups in total. The van der Waals surface area contributed by atoms with Crippen LogP contribution in [0.25, 0.3) is 0 Å². The number of aliphatic hydroxyl groups is 8. The average Bonchev–Trinajstić information content (AvgIpc) is 0.791. The third kappa shape index (κ3) is 55.6. The minimum absolute atomic E-state index is 0.244. The fourth-order valence-electron chi connectivity index (χ4n) is 15.2. The Labute approximate surface area is 640 Å². The van der Waals surface area contributed by atoms with Crippen LogP contribution in [0.3, 0.4) is 0 Å². The fraction of sp³-hybridized carbons (Fsp3) is 0.922. The molecule has 0 aromatic carbocycles. The highest BCUT2D eigenvalue weighted by Gasteiger charge is 2.51. The van der Waals surface area contributed by atoms with Crippen molar-refractivity contribution in [2.75, 3.05) is 19.8 Å². The van der Waals surface area contributed by atoms with Crippen LogP contribution in [-0.2, 0) is 23.7 Å². The topological polar surface area (TPSA) is 228 Å². The third-order valence-electron chi connectivity index (χ3n) is 22.3. The summed E-state index contributed by atoms with van der Waals surface area (Å²) < 4.78 is 22.9. The highest BCUT2D eigenvalue weighted by molar-refractivity contribution is 5.76. The van der Waals surface area contributed by atoms with E-state index in [1.807, 2.05) is 6.08 Å². The standard InChI is InChI=1S/C90H171NO13/c1-3-5-7-9-11-13-15-17-19-21-23-25-27-29-31-33-35-37-38-39-40-42-44-46-48-50-52-54-56-58-60-62-64-66-68-70-72-74-82(95)91-78(77-101-89-87(100)85(98)88(81(76-93)103-89)104-90-86(99)84(97)83(96)80(75-92)102-90)79(94)73-71-69-67-65-63-61-59-57-55-53-51-49-47-45-43-41-36-34-32-30-28-26-24-22-20-18-16-14-12-10-8-6-4-2/h55,57,63,65,71,73,78-81,83-90,92-94,96-100H,3-54,56,58-62,64,66-70,72,74-77H2,1-2H3,(H,91,95)/b57-55+,65-63+,73-71+. The van der Waals surface area contributed by atoms with Crippen molar-refractivity contribution >= 4 is 5.91 Å². The first-order valence-corrected chi connectivity index (χ1v) is 45.2. The second-order valence-electron chi connectivity index (χ2n) is 32.1. The Bertz CT molecular complexity index is 1890.